The molecule has 8 heteroatoms. The molecule has 27 heavy (non-hydrogen) atoms. The zero-order chi connectivity index (χ0) is 19.8. The molecule has 0 radical (unpaired) electrons. The highest BCUT2D eigenvalue weighted by Crippen LogP contribution is 2.33. The van der Waals surface area contributed by atoms with Crippen molar-refractivity contribution in [2.24, 2.45) is 11.1 Å². The molecule has 7 nitrogen and oxygen atoms in total. The number of amides is 1. The highest BCUT2D eigenvalue weighted by Gasteiger charge is 2.36. The van der Waals surface area contributed by atoms with Gasteiger partial charge < -0.3 is 15.5 Å². The maximum Gasteiger partial charge on any atom is 0.256 e. The summed E-state index contributed by atoms with van der Waals surface area (Å²) in [6.45, 7) is 5.66. The molecule has 0 aliphatic carbocycles. The highest BCUT2D eigenvalue weighted by atomic mass is 32.2. The summed E-state index contributed by atoms with van der Waals surface area (Å²) in [6, 6.07) is 4.93. The van der Waals surface area contributed by atoms with Crippen molar-refractivity contribution in [3.05, 3.63) is 23.8 Å². The summed E-state index contributed by atoms with van der Waals surface area (Å²) >= 11 is 0. The van der Waals surface area contributed by atoms with Crippen LogP contribution in [0.2, 0.25) is 0 Å². The number of hydrogen-bond donors (Lipinski definition) is 1. The molecule has 0 spiro atoms. The molecule has 2 N–H and O–H groups in total. The molecule has 1 aromatic carbocycles. The van der Waals surface area contributed by atoms with E-state index in [0.29, 0.717) is 25.2 Å². The third kappa shape index (κ3) is 3.83. The Morgan fingerprint density at radius 3 is 2.44 bits per heavy atom. The Morgan fingerprint density at radius 1 is 1.22 bits per heavy atom. The van der Waals surface area contributed by atoms with E-state index < -0.39 is 10.0 Å². The number of carbonyl (C=O) groups excluding carboxylic acids is 1. The van der Waals surface area contributed by atoms with E-state index in [9.17, 15) is 13.2 Å². The van der Waals surface area contributed by atoms with E-state index in [1.165, 1.54) is 18.4 Å². The van der Waals surface area contributed by atoms with E-state index in [1.807, 2.05) is 4.90 Å². The average molecular weight is 395 g/mol. The Balaban J connectivity index is 2.01. The van der Waals surface area contributed by atoms with Gasteiger partial charge in [0.15, 0.2) is 0 Å². The van der Waals surface area contributed by atoms with Gasteiger partial charge in [0, 0.05) is 46.0 Å². The second-order valence-corrected chi connectivity index (χ2v) is 10.3. The van der Waals surface area contributed by atoms with Crippen LogP contribution in [0.1, 0.15) is 36.5 Å². The van der Waals surface area contributed by atoms with Gasteiger partial charge in [-0.3, -0.25) is 4.79 Å². The number of anilines is 1. The van der Waals surface area contributed by atoms with E-state index in [-0.39, 0.29) is 16.2 Å². The number of likely N-dealkylation sites (tertiary alicyclic amines) is 1. The number of hydrogen-bond acceptors (Lipinski definition) is 5. The summed E-state index contributed by atoms with van der Waals surface area (Å²) in [4.78, 5) is 17.5. The Kier molecular flexibility index (Phi) is 5.52. The van der Waals surface area contributed by atoms with E-state index in [1.54, 1.807) is 18.2 Å². The summed E-state index contributed by atoms with van der Waals surface area (Å²) in [6.07, 6.45) is 3.03. The molecule has 0 bridgehead atoms. The molecule has 0 aromatic heterocycles. The van der Waals surface area contributed by atoms with Gasteiger partial charge in [0.1, 0.15) is 0 Å². The first-order valence-corrected chi connectivity index (χ1v) is 10.9. The molecule has 2 fully saturated rings. The Morgan fingerprint density at radius 2 is 1.89 bits per heavy atom. The summed E-state index contributed by atoms with van der Waals surface area (Å²) in [5.41, 5.74) is 7.11. The van der Waals surface area contributed by atoms with Crippen molar-refractivity contribution in [1.82, 2.24) is 9.21 Å². The fourth-order valence-corrected chi connectivity index (χ4v) is 4.75. The van der Waals surface area contributed by atoms with Gasteiger partial charge in [-0.1, -0.05) is 6.92 Å². The molecule has 1 atom stereocenters. The molecule has 1 amide bonds. The molecule has 1 unspecified atom stereocenters. The summed E-state index contributed by atoms with van der Waals surface area (Å²) < 4.78 is 26.3. The van der Waals surface area contributed by atoms with E-state index in [2.05, 4.69) is 11.8 Å². The van der Waals surface area contributed by atoms with Crippen LogP contribution in [0, 0.1) is 5.41 Å². The molecule has 3 rings (SSSR count). The molecule has 2 heterocycles. The Bertz CT molecular complexity index is 818. The normalized spacial score (nSPS) is 23.4. The van der Waals surface area contributed by atoms with Crippen LogP contribution in [0.25, 0.3) is 0 Å². The van der Waals surface area contributed by atoms with Gasteiger partial charge in [-0.05, 0) is 49.4 Å². The number of benzene rings is 1. The SMILES string of the molecule is CN(C)S(=O)(=O)c1ccc(N2CCCC2)c(C(=O)N2CCC(C)(CN)C2)c1. The molecular weight excluding hydrogens is 364 g/mol. The maximum absolute atomic E-state index is 13.3. The zero-order valence-corrected chi connectivity index (χ0v) is 17.3. The largest absolute Gasteiger partial charge is 0.371 e. The fourth-order valence-electron chi connectivity index (χ4n) is 3.83. The first-order valence-electron chi connectivity index (χ1n) is 9.49. The molecule has 150 valence electrons. The number of nitrogens with zero attached hydrogens (tertiary/aromatic N) is 3. The van der Waals surface area contributed by atoms with Gasteiger partial charge in [0.05, 0.1) is 10.5 Å². The lowest BCUT2D eigenvalue weighted by atomic mass is 9.90. The summed E-state index contributed by atoms with van der Waals surface area (Å²) in [7, 11) is -0.603. The number of nitrogens with two attached hydrogens (primary N) is 1. The van der Waals surface area contributed by atoms with Crippen LogP contribution in [0.3, 0.4) is 0 Å². The van der Waals surface area contributed by atoms with Gasteiger partial charge in [-0.2, -0.15) is 0 Å². The van der Waals surface area contributed by atoms with Crippen molar-refractivity contribution in [2.75, 3.05) is 51.7 Å². The van der Waals surface area contributed by atoms with Gasteiger partial charge in [0.25, 0.3) is 5.91 Å². The topological polar surface area (TPSA) is 87.0 Å². The Labute approximate surface area is 162 Å². The molecule has 2 aliphatic heterocycles. The quantitative estimate of drug-likeness (QED) is 0.815. The van der Waals surface area contributed by atoms with E-state index >= 15 is 0 Å². The van der Waals surface area contributed by atoms with Crippen molar-refractivity contribution < 1.29 is 13.2 Å². The molecule has 2 saturated heterocycles. The summed E-state index contributed by atoms with van der Waals surface area (Å²) in [5, 5.41) is 0. The van der Waals surface area contributed by atoms with Crippen LogP contribution in [0.5, 0.6) is 0 Å². The number of carbonyl (C=O) groups is 1. The standard InChI is InChI=1S/C19H30N4O3S/c1-19(13-20)8-11-23(14-19)18(24)16-12-15(27(25,26)21(2)3)6-7-17(16)22-9-4-5-10-22/h6-7,12H,4-5,8-11,13-14,20H2,1-3H3. The first kappa shape index (κ1) is 20.1. The smallest absolute Gasteiger partial charge is 0.256 e. The maximum atomic E-state index is 13.3. The third-order valence-corrected chi connectivity index (χ3v) is 7.57. The number of rotatable bonds is 5. The third-order valence-electron chi connectivity index (χ3n) is 5.76. The van der Waals surface area contributed by atoms with Crippen molar-refractivity contribution in [3.63, 3.8) is 0 Å². The minimum atomic E-state index is -3.60. The monoisotopic (exact) mass is 394 g/mol. The second-order valence-electron chi connectivity index (χ2n) is 8.15. The van der Waals surface area contributed by atoms with Gasteiger partial charge >= 0.3 is 0 Å². The zero-order valence-electron chi connectivity index (χ0n) is 16.4. The van der Waals surface area contributed by atoms with Crippen LogP contribution in [0.15, 0.2) is 23.1 Å². The van der Waals surface area contributed by atoms with Gasteiger partial charge in [-0.15, -0.1) is 0 Å². The van der Waals surface area contributed by atoms with E-state index in [0.717, 1.165) is 38.0 Å². The second kappa shape index (κ2) is 7.41. The lowest BCUT2D eigenvalue weighted by Gasteiger charge is -2.26. The highest BCUT2D eigenvalue weighted by molar-refractivity contribution is 7.89. The van der Waals surface area contributed by atoms with Crippen molar-refractivity contribution >= 4 is 21.6 Å². The van der Waals surface area contributed by atoms with E-state index in [4.69, 9.17) is 5.73 Å². The molecule has 0 saturated carbocycles. The fraction of sp³-hybridized carbons (Fsp3) is 0.632. The van der Waals surface area contributed by atoms with Crippen molar-refractivity contribution in [2.45, 2.75) is 31.1 Å². The summed E-state index contributed by atoms with van der Waals surface area (Å²) in [5.74, 6) is -0.107. The first-order chi connectivity index (χ1) is 12.7. The van der Waals surface area contributed by atoms with Crippen LogP contribution >= 0.6 is 0 Å². The number of sulfonamides is 1. The molecular formula is C19H30N4O3S. The van der Waals surface area contributed by atoms with Crippen LogP contribution in [0.4, 0.5) is 5.69 Å². The molecule has 1 aromatic rings. The van der Waals surface area contributed by atoms with Crippen LogP contribution in [-0.2, 0) is 10.0 Å². The Hall–Kier alpha value is -1.64. The predicted octanol–water partition coefficient (Wildman–Crippen LogP) is 1.35. The van der Waals surface area contributed by atoms with Gasteiger partial charge in [0.2, 0.25) is 10.0 Å². The van der Waals surface area contributed by atoms with Crippen molar-refractivity contribution in [1.29, 1.82) is 0 Å². The lowest BCUT2D eigenvalue weighted by Crippen LogP contribution is -2.35. The van der Waals surface area contributed by atoms with Crippen molar-refractivity contribution in [3.8, 4) is 0 Å². The minimum absolute atomic E-state index is 0.0726. The molecule has 2 aliphatic rings. The van der Waals surface area contributed by atoms with Crippen LogP contribution in [-0.4, -0.2) is 70.3 Å². The van der Waals surface area contributed by atoms with Crippen LogP contribution < -0.4 is 10.6 Å². The van der Waals surface area contributed by atoms with Gasteiger partial charge in [-0.25, -0.2) is 12.7 Å². The minimum Gasteiger partial charge on any atom is -0.371 e. The average Bonchev–Trinajstić information content (AvgIpc) is 3.31. The predicted molar refractivity (Wildman–Crippen MR) is 106 cm³/mol. The lowest BCUT2D eigenvalue weighted by molar-refractivity contribution is 0.0777.